The number of nitrogens with zero attached hydrogens (tertiary/aromatic N) is 2. The van der Waals surface area contributed by atoms with Crippen LogP contribution in [-0.4, -0.2) is 7.28 Å². The molecule has 0 atom stereocenters. The number of hydrogen-bond acceptors (Lipinski definition) is 2. The van der Waals surface area contributed by atoms with Gasteiger partial charge in [-0.05, 0) is 88.8 Å². The van der Waals surface area contributed by atoms with Crippen molar-refractivity contribution in [3.05, 3.63) is 185 Å². The van der Waals surface area contributed by atoms with Crippen molar-refractivity contribution in [3.63, 3.8) is 0 Å². The number of hydrogen-bond donors (Lipinski definition) is 0. The third-order valence-electron chi connectivity index (χ3n) is 10.9. The fraction of sp³-hybridized carbons (Fsp3) is 0.216. The first kappa shape index (κ1) is 35.5. The lowest BCUT2D eigenvalue weighted by Gasteiger charge is -2.39. The molecule has 8 rings (SSSR count). The maximum Gasteiger partial charge on any atom is 0.186 e. The molecule has 0 spiro atoms. The number of aryl methyl sites for hydroxylation is 1. The van der Waals surface area contributed by atoms with Crippen molar-refractivity contribution in [2.24, 2.45) is 5.41 Å². The first-order chi connectivity index (χ1) is 26.0. The lowest BCUT2D eigenvalue weighted by Crippen LogP contribution is -2.31. The largest absolute Gasteiger partial charge is 0.310 e. The molecule has 2 nitrogen and oxygen atoms in total. The zero-order valence-electron chi connectivity index (χ0n) is 32.8. The highest BCUT2D eigenvalue weighted by atomic mass is 15.2. The van der Waals surface area contributed by atoms with E-state index in [1.165, 1.54) is 67.1 Å². The van der Waals surface area contributed by atoms with E-state index in [2.05, 4.69) is 217 Å². The quantitative estimate of drug-likeness (QED) is 0.172. The smallest absolute Gasteiger partial charge is 0.186 e. The number of rotatable bonds is 4. The minimum Gasteiger partial charge on any atom is -0.310 e. The van der Waals surface area contributed by atoms with Crippen molar-refractivity contribution in [3.8, 4) is 11.1 Å². The van der Waals surface area contributed by atoms with E-state index < -0.39 is 0 Å². The van der Waals surface area contributed by atoms with E-state index in [4.69, 9.17) is 0 Å². The summed E-state index contributed by atoms with van der Waals surface area (Å²) in [5.41, 5.74) is 18.0. The van der Waals surface area contributed by atoms with Crippen LogP contribution in [0.3, 0.4) is 0 Å². The molecule has 2 heterocycles. The minimum absolute atomic E-state index is 0.0235. The molecule has 3 heteroatoms. The fourth-order valence-corrected chi connectivity index (χ4v) is 7.94. The fourth-order valence-electron chi connectivity index (χ4n) is 7.94. The summed E-state index contributed by atoms with van der Waals surface area (Å²) in [5, 5.41) is 0. The SMILES string of the molecule is Cc1cc2c3c(c1)N(c1ccccc1-c1ccccc1)C(=C\[B]c1ccc(C(C)(C)C)cc1N2C1=CCCC=C1c1ccccc1)/C=C(/C(C)(C)C)C=C3. The molecule has 0 saturated heterocycles. The van der Waals surface area contributed by atoms with Crippen LogP contribution in [0.1, 0.15) is 76.6 Å². The van der Waals surface area contributed by atoms with Crippen molar-refractivity contribution in [1.29, 1.82) is 0 Å². The lowest BCUT2D eigenvalue weighted by molar-refractivity contribution is 0.517. The van der Waals surface area contributed by atoms with Gasteiger partial charge in [-0.2, -0.15) is 0 Å². The Labute approximate surface area is 323 Å². The molecule has 1 radical (unpaired) electrons. The minimum atomic E-state index is -0.0823. The zero-order chi connectivity index (χ0) is 37.6. The number of anilines is 4. The van der Waals surface area contributed by atoms with E-state index in [1.807, 2.05) is 0 Å². The Morgan fingerprint density at radius 1 is 0.574 bits per heavy atom. The van der Waals surface area contributed by atoms with Gasteiger partial charge >= 0.3 is 0 Å². The van der Waals surface area contributed by atoms with Crippen LogP contribution >= 0.6 is 0 Å². The Kier molecular flexibility index (Phi) is 9.22. The van der Waals surface area contributed by atoms with E-state index >= 15 is 0 Å². The van der Waals surface area contributed by atoms with Crippen LogP contribution in [0.2, 0.25) is 0 Å². The van der Waals surface area contributed by atoms with Gasteiger partial charge in [-0.1, -0.05) is 168 Å². The maximum atomic E-state index is 2.58. The molecule has 0 saturated carbocycles. The van der Waals surface area contributed by atoms with Gasteiger partial charge in [-0.15, -0.1) is 0 Å². The van der Waals surface area contributed by atoms with Gasteiger partial charge in [0.15, 0.2) is 7.28 Å². The van der Waals surface area contributed by atoms with Crippen LogP contribution < -0.4 is 15.3 Å². The van der Waals surface area contributed by atoms with Crippen LogP contribution in [-0.2, 0) is 5.41 Å². The molecule has 0 unspecified atom stereocenters. The highest BCUT2D eigenvalue weighted by Crippen LogP contribution is 2.49. The lowest BCUT2D eigenvalue weighted by atomic mass is 9.67. The second-order valence-electron chi connectivity index (χ2n) is 16.9. The summed E-state index contributed by atoms with van der Waals surface area (Å²) < 4.78 is 0. The Balaban J connectivity index is 1.50. The molecule has 54 heavy (non-hydrogen) atoms. The first-order valence-corrected chi connectivity index (χ1v) is 19.4. The standard InChI is InChI=1S/C51H50BN2/c1-35-30-47-43-28-26-38(50(2,3)4)32-40(53(47)45-24-16-14-22-41(45)36-18-10-8-11-19-36)34-52-44-29-27-39(51(5,6)7)33-49(44)54(48(43)31-35)46-25-17-15-23-42(46)37-20-12-9-13-21-37/h8-14,16,18-34H,15,17H2,1-7H3/b28-26?,38-32+,40-34-. The van der Waals surface area contributed by atoms with Crippen LogP contribution in [0.25, 0.3) is 22.8 Å². The molecule has 0 fully saturated rings. The van der Waals surface area contributed by atoms with Gasteiger partial charge < -0.3 is 9.80 Å². The van der Waals surface area contributed by atoms with Crippen molar-refractivity contribution in [2.45, 2.75) is 66.7 Å². The average Bonchev–Trinajstić information content (AvgIpc) is 3.15. The summed E-state index contributed by atoms with van der Waals surface area (Å²) in [4.78, 5) is 5.09. The van der Waals surface area contributed by atoms with Gasteiger partial charge in [0.1, 0.15) is 0 Å². The third-order valence-corrected chi connectivity index (χ3v) is 10.9. The van der Waals surface area contributed by atoms with Gasteiger partial charge in [0, 0.05) is 33.8 Å². The summed E-state index contributed by atoms with van der Waals surface area (Å²) in [6, 6.07) is 42.5. The van der Waals surface area contributed by atoms with E-state index in [0.29, 0.717) is 0 Å². The molecule has 267 valence electrons. The highest BCUT2D eigenvalue weighted by molar-refractivity contribution is 6.61. The Morgan fingerprint density at radius 3 is 1.93 bits per heavy atom. The molecule has 0 N–H and O–H groups in total. The monoisotopic (exact) mass is 701 g/mol. The summed E-state index contributed by atoms with van der Waals surface area (Å²) in [6.07, 6.45) is 14.1. The van der Waals surface area contributed by atoms with Crippen LogP contribution in [0.5, 0.6) is 0 Å². The van der Waals surface area contributed by atoms with Gasteiger partial charge in [0.05, 0.1) is 17.1 Å². The second-order valence-corrected chi connectivity index (χ2v) is 16.9. The van der Waals surface area contributed by atoms with Gasteiger partial charge in [-0.3, -0.25) is 0 Å². The molecule has 4 bridgehead atoms. The Hall–Kier alpha value is -5.54. The van der Waals surface area contributed by atoms with Crippen molar-refractivity contribution in [1.82, 2.24) is 0 Å². The first-order valence-electron chi connectivity index (χ1n) is 19.4. The second kappa shape index (κ2) is 14.0. The maximum absolute atomic E-state index is 2.58. The van der Waals surface area contributed by atoms with Crippen LogP contribution in [0, 0.1) is 12.3 Å². The van der Waals surface area contributed by atoms with Gasteiger partial charge in [0.25, 0.3) is 0 Å². The normalized spacial score (nSPS) is 17.5. The van der Waals surface area contributed by atoms with Crippen molar-refractivity contribution < 1.29 is 0 Å². The van der Waals surface area contributed by atoms with E-state index in [1.54, 1.807) is 0 Å². The van der Waals surface area contributed by atoms with Gasteiger partial charge in [0.2, 0.25) is 0 Å². The number of fused-ring (bicyclic) bond motifs is 2. The summed E-state index contributed by atoms with van der Waals surface area (Å²) in [7, 11) is 2.35. The molecule has 0 aromatic heterocycles. The van der Waals surface area contributed by atoms with Crippen LogP contribution in [0.15, 0.2) is 163 Å². The molecule has 5 aromatic rings. The van der Waals surface area contributed by atoms with Crippen molar-refractivity contribution in [2.75, 3.05) is 9.80 Å². The summed E-state index contributed by atoms with van der Waals surface area (Å²) in [6.45, 7) is 16.1. The summed E-state index contributed by atoms with van der Waals surface area (Å²) in [5.74, 6) is 2.35. The number of benzene rings is 5. The highest BCUT2D eigenvalue weighted by Gasteiger charge is 2.32. The van der Waals surface area contributed by atoms with E-state index in [-0.39, 0.29) is 10.8 Å². The predicted octanol–water partition coefficient (Wildman–Crippen LogP) is 13.2. The number of para-hydroxylation sites is 1. The molecular weight excluding hydrogens is 651 g/mol. The van der Waals surface area contributed by atoms with Gasteiger partial charge in [-0.25, -0.2) is 0 Å². The average molecular weight is 702 g/mol. The molecule has 2 aliphatic heterocycles. The third kappa shape index (κ3) is 6.73. The molecular formula is C51H50BN2. The molecule has 5 aromatic carbocycles. The zero-order valence-corrected chi connectivity index (χ0v) is 32.8. The van der Waals surface area contributed by atoms with Crippen LogP contribution in [0.4, 0.5) is 22.7 Å². The van der Waals surface area contributed by atoms with Crippen molar-refractivity contribution >= 4 is 47.1 Å². The van der Waals surface area contributed by atoms with E-state index in [9.17, 15) is 0 Å². The summed E-state index contributed by atoms with van der Waals surface area (Å²) >= 11 is 0. The van der Waals surface area contributed by atoms with E-state index in [0.717, 1.165) is 29.9 Å². The molecule has 3 aliphatic rings. The Bertz CT molecular complexity index is 2380. The predicted molar refractivity (Wildman–Crippen MR) is 234 cm³/mol. The topological polar surface area (TPSA) is 6.48 Å². The Morgan fingerprint density at radius 2 is 1.22 bits per heavy atom. The number of allylic oxidation sites excluding steroid dienone is 6. The molecule has 0 amide bonds. The molecule has 1 aliphatic carbocycles.